The molecule has 0 unspecified atom stereocenters. The Labute approximate surface area is 95.1 Å². The predicted molar refractivity (Wildman–Crippen MR) is 59.0 cm³/mol. The van der Waals surface area contributed by atoms with Crippen LogP contribution >= 0.6 is 0 Å². The van der Waals surface area contributed by atoms with Crippen molar-refractivity contribution in [2.24, 2.45) is 0 Å². The molecule has 88 valence electrons. The Hall–Kier alpha value is -2.44. The zero-order valence-corrected chi connectivity index (χ0v) is 9.06. The summed E-state index contributed by atoms with van der Waals surface area (Å²) in [5, 5.41) is 6.30. The van der Waals surface area contributed by atoms with Crippen molar-refractivity contribution in [3.8, 4) is 0 Å². The monoisotopic (exact) mass is 234 g/mol. The molecule has 0 aromatic carbocycles. The average Bonchev–Trinajstić information content (AvgIpc) is 2.76. The molecule has 2 N–H and O–H groups in total. The SMILES string of the molecule is CC(=O)c1c[nH]c(=O)n(Cc2cn[nH]c2)c1=O. The van der Waals surface area contributed by atoms with Crippen LogP contribution in [0.2, 0.25) is 0 Å². The van der Waals surface area contributed by atoms with Crippen LogP contribution in [0, 0.1) is 0 Å². The molecule has 0 aliphatic heterocycles. The second kappa shape index (κ2) is 4.20. The molecule has 7 nitrogen and oxygen atoms in total. The Bertz CT molecular complexity index is 651. The highest BCUT2D eigenvalue weighted by Crippen LogP contribution is 1.95. The highest BCUT2D eigenvalue weighted by Gasteiger charge is 2.11. The van der Waals surface area contributed by atoms with Crippen LogP contribution in [-0.2, 0) is 6.54 Å². The molecule has 17 heavy (non-hydrogen) atoms. The Morgan fingerprint density at radius 3 is 2.76 bits per heavy atom. The van der Waals surface area contributed by atoms with Gasteiger partial charge in [-0.25, -0.2) is 4.79 Å². The third kappa shape index (κ3) is 2.07. The van der Waals surface area contributed by atoms with Gasteiger partial charge in [-0.05, 0) is 6.92 Å². The van der Waals surface area contributed by atoms with Crippen LogP contribution in [0.4, 0.5) is 0 Å². The Morgan fingerprint density at radius 1 is 1.41 bits per heavy atom. The number of hydrogen-bond donors (Lipinski definition) is 2. The van der Waals surface area contributed by atoms with Gasteiger partial charge in [-0.2, -0.15) is 5.10 Å². The van der Waals surface area contributed by atoms with E-state index in [1.165, 1.54) is 13.1 Å². The first kappa shape index (κ1) is 11.1. The number of H-pyrrole nitrogens is 2. The summed E-state index contributed by atoms with van der Waals surface area (Å²) in [6, 6.07) is 0. The van der Waals surface area contributed by atoms with E-state index in [1.807, 2.05) is 0 Å². The smallest absolute Gasteiger partial charge is 0.313 e. The summed E-state index contributed by atoms with van der Waals surface area (Å²) in [7, 11) is 0. The molecular formula is C10H10N4O3. The van der Waals surface area contributed by atoms with Gasteiger partial charge >= 0.3 is 5.69 Å². The van der Waals surface area contributed by atoms with Crippen LogP contribution in [-0.4, -0.2) is 25.5 Å². The molecule has 0 fully saturated rings. The molecule has 0 saturated heterocycles. The number of nitrogens with zero attached hydrogens (tertiary/aromatic N) is 2. The molecule has 0 radical (unpaired) electrons. The lowest BCUT2D eigenvalue weighted by molar-refractivity contribution is 0.101. The Balaban J connectivity index is 2.53. The fraction of sp³-hybridized carbons (Fsp3) is 0.200. The van der Waals surface area contributed by atoms with Crippen LogP contribution < -0.4 is 11.2 Å². The van der Waals surface area contributed by atoms with Gasteiger partial charge < -0.3 is 4.98 Å². The highest BCUT2D eigenvalue weighted by molar-refractivity contribution is 5.93. The lowest BCUT2D eigenvalue weighted by Gasteiger charge is -2.03. The molecule has 2 rings (SSSR count). The second-order valence-electron chi connectivity index (χ2n) is 3.56. The quantitative estimate of drug-likeness (QED) is 0.700. The third-order valence-corrected chi connectivity index (χ3v) is 2.34. The van der Waals surface area contributed by atoms with E-state index in [-0.39, 0.29) is 17.9 Å². The normalized spacial score (nSPS) is 10.4. The minimum absolute atomic E-state index is 0.0342. The molecule has 7 heteroatoms. The predicted octanol–water partition coefficient (Wildman–Crippen LogP) is -0.489. The van der Waals surface area contributed by atoms with Crippen molar-refractivity contribution in [2.75, 3.05) is 0 Å². The number of carbonyl (C=O) groups excluding carboxylic acids is 1. The summed E-state index contributed by atoms with van der Waals surface area (Å²) < 4.78 is 0.960. The van der Waals surface area contributed by atoms with Crippen molar-refractivity contribution in [3.63, 3.8) is 0 Å². The van der Waals surface area contributed by atoms with E-state index in [2.05, 4.69) is 15.2 Å². The van der Waals surface area contributed by atoms with Gasteiger partial charge in [0.05, 0.1) is 18.3 Å². The number of carbonyl (C=O) groups is 1. The van der Waals surface area contributed by atoms with Crippen LogP contribution in [0.25, 0.3) is 0 Å². The van der Waals surface area contributed by atoms with Gasteiger partial charge in [-0.3, -0.25) is 19.3 Å². The molecular weight excluding hydrogens is 224 g/mol. The number of hydrogen-bond acceptors (Lipinski definition) is 4. The standard InChI is InChI=1S/C10H10N4O3/c1-6(15)8-4-11-10(17)14(9(8)16)5-7-2-12-13-3-7/h2-4H,5H2,1H3,(H,11,17)(H,12,13). The molecule has 0 atom stereocenters. The minimum atomic E-state index is -0.595. The van der Waals surface area contributed by atoms with E-state index >= 15 is 0 Å². The highest BCUT2D eigenvalue weighted by atomic mass is 16.2. The second-order valence-corrected chi connectivity index (χ2v) is 3.56. The number of aromatic amines is 2. The fourth-order valence-corrected chi connectivity index (χ4v) is 1.45. The van der Waals surface area contributed by atoms with Crippen molar-refractivity contribution in [3.05, 3.63) is 50.6 Å². The summed E-state index contributed by atoms with van der Waals surface area (Å²) in [6.45, 7) is 1.35. The van der Waals surface area contributed by atoms with Crippen LogP contribution in [0.1, 0.15) is 22.8 Å². The van der Waals surface area contributed by atoms with Gasteiger partial charge in [0.25, 0.3) is 5.56 Å². The summed E-state index contributed by atoms with van der Waals surface area (Å²) in [4.78, 5) is 36.9. The van der Waals surface area contributed by atoms with Gasteiger partial charge in [-0.1, -0.05) is 0 Å². The van der Waals surface area contributed by atoms with Gasteiger partial charge in [0.15, 0.2) is 5.78 Å². The number of Topliss-reactive ketones (excluding diaryl/α,β-unsaturated/α-hetero) is 1. The van der Waals surface area contributed by atoms with Crippen molar-refractivity contribution >= 4 is 5.78 Å². The van der Waals surface area contributed by atoms with Crippen molar-refractivity contribution in [1.29, 1.82) is 0 Å². The summed E-state index contributed by atoms with van der Waals surface area (Å²) in [5.74, 6) is -0.382. The average molecular weight is 234 g/mol. The molecule has 0 saturated carbocycles. The zero-order chi connectivity index (χ0) is 12.4. The van der Waals surface area contributed by atoms with Crippen molar-refractivity contribution in [1.82, 2.24) is 19.7 Å². The van der Waals surface area contributed by atoms with Gasteiger partial charge in [0.2, 0.25) is 0 Å². The van der Waals surface area contributed by atoms with Crippen molar-refractivity contribution in [2.45, 2.75) is 13.5 Å². The first-order valence-corrected chi connectivity index (χ1v) is 4.90. The maximum Gasteiger partial charge on any atom is 0.328 e. The maximum absolute atomic E-state index is 11.8. The van der Waals surface area contributed by atoms with E-state index in [9.17, 15) is 14.4 Å². The van der Waals surface area contributed by atoms with Gasteiger partial charge in [0.1, 0.15) is 0 Å². The molecule has 0 spiro atoms. The lowest BCUT2D eigenvalue weighted by atomic mass is 10.2. The van der Waals surface area contributed by atoms with Gasteiger partial charge in [-0.15, -0.1) is 0 Å². The van der Waals surface area contributed by atoms with E-state index in [0.29, 0.717) is 5.56 Å². The Morgan fingerprint density at radius 2 is 2.18 bits per heavy atom. The molecule has 0 aliphatic rings. The first-order chi connectivity index (χ1) is 8.09. The number of nitrogens with one attached hydrogen (secondary N) is 2. The third-order valence-electron chi connectivity index (χ3n) is 2.34. The topological polar surface area (TPSA) is 101 Å². The zero-order valence-electron chi connectivity index (χ0n) is 9.06. The molecule has 0 aliphatic carbocycles. The minimum Gasteiger partial charge on any atom is -0.313 e. The molecule has 0 bridgehead atoms. The van der Waals surface area contributed by atoms with Gasteiger partial charge in [0, 0.05) is 18.0 Å². The molecule has 2 aromatic rings. The summed E-state index contributed by atoms with van der Waals surface area (Å²) in [5.41, 5.74) is -0.505. The van der Waals surface area contributed by atoms with Crippen LogP contribution in [0.15, 0.2) is 28.2 Å². The number of ketones is 1. The number of aromatic nitrogens is 4. The summed E-state index contributed by atoms with van der Waals surface area (Å²) in [6.07, 6.45) is 4.22. The molecule has 2 aromatic heterocycles. The van der Waals surface area contributed by atoms with Crippen molar-refractivity contribution < 1.29 is 4.79 Å². The maximum atomic E-state index is 11.8. The van der Waals surface area contributed by atoms with E-state index in [1.54, 1.807) is 6.20 Å². The number of rotatable bonds is 3. The fourth-order valence-electron chi connectivity index (χ4n) is 1.45. The van der Waals surface area contributed by atoms with E-state index < -0.39 is 11.2 Å². The molecule has 2 heterocycles. The largest absolute Gasteiger partial charge is 0.328 e. The molecule has 0 amide bonds. The Kier molecular flexibility index (Phi) is 2.73. The van der Waals surface area contributed by atoms with Crippen LogP contribution in [0.5, 0.6) is 0 Å². The van der Waals surface area contributed by atoms with E-state index in [0.717, 1.165) is 10.8 Å². The lowest BCUT2D eigenvalue weighted by Crippen LogP contribution is -2.37. The van der Waals surface area contributed by atoms with E-state index in [4.69, 9.17) is 0 Å². The van der Waals surface area contributed by atoms with Crippen LogP contribution in [0.3, 0.4) is 0 Å². The first-order valence-electron chi connectivity index (χ1n) is 4.90. The summed E-state index contributed by atoms with van der Waals surface area (Å²) >= 11 is 0.